The molecule has 0 amide bonds. The molecule has 1 saturated heterocycles. The van der Waals surface area contributed by atoms with Crippen LogP contribution in [0.25, 0.3) is 0 Å². The molecule has 1 aromatic carbocycles. The van der Waals surface area contributed by atoms with Gasteiger partial charge in [0, 0.05) is 18.5 Å². The lowest BCUT2D eigenvalue weighted by Gasteiger charge is -2.29. The quantitative estimate of drug-likeness (QED) is 0.776. The summed E-state index contributed by atoms with van der Waals surface area (Å²) >= 11 is 0. The summed E-state index contributed by atoms with van der Waals surface area (Å²) in [5.74, 6) is 0.676. The Hall–Kier alpha value is -1.22. The maximum Gasteiger partial charge on any atom is 0.164 e. The van der Waals surface area contributed by atoms with Crippen LogP contribution in [0.2, 0.25) is 0 Å². The molecule has 0 aromatic heterocycles. The van der Waals surface area contributed by atoms with Crippen molar-refractivity contribution in [2.45, 2.75) is 33.1 Å². The lowest BCUT2D eigenvalue weighted by molar-refractivity contribution is 0.0952. The Balaban J connectivity index is 1.85. The maximum atomic E-state index is 13.2. The van der Waals surface area contributed by atoms with E-state index >= 15 is 0 Å². The number of hydrogen-bond acceptors (Lipinski definition) is 2. The van der Waals surface area contributed by atoms with Crippen molar-refractivity contribution in [2.75, 3.05) is 19.6 Å². The van der Waals surface area contributed by atoms with Gasteiger partial charge in [-0.2, -0.15) is 0 Å². The molecule has 0 bridgehead atoms. The van der Waals surface area contributed by atoms with Crippen molar-refractivity contribution in [2.24, 2.45) is 5.92 Å². The molecule has 1 aliphatic rings. The van der Waals surface area contributed by atoms with E-state index in [1.807, 2.05) is 0 Å². The van der Waals surface area contributed by atoms with Crippen molar-refractivity contribution in [1.82, 2.24) is 4.90 Å². The number of Topliss-reactive ketones (excluding diaryl/α,β-unsaturated/α-hetero) is 1. The largest absolute Gasteiger partial charge is 0.303 e. The molecule has 3 heteroatoms. The van der Waals surface area contributed by atoms with Gasteiger partial charge in [-0.15, -0.1) is 0 Å². The number of piperidine rings is 1. The number of hydrogen-bond donors (Lipinski definition) is 0. The summed E-state index contributed by atoms with van der Waals surface area (Å²) in [6.45, 7) is 6.98. The highest BCUT2D eigenvalue weighted by molar-refractivity contribution is 5.96. The van der Waals surface area contributed by atoms with Crippen LogP contribution in [-0.2, 0) is 0 Å². The summed E-state index contributed by atoms with van der Waals surface area (Å²) in [4.78, 5) is 14.4. The Morgan fingerprint density at radius 2 is 2.05 bits per heavy atom. The Bertz CT molecular complexity index is 450. The molecule has 19 heavy (non-hydrogen) atoms. The first-order valence-electron chi connectivity index (χ1n) is 7.08. The second-order valence-corrected chi connectivity index (χ2v) is 5.66. The highest BCUT2D eigenvalue weighted by Gasteiger charge is 2.16. The van der Waals surface area contributed by atoms with E-state index in [2.05, 4.69) is 11.8 Å². The molecular formula is C16H22FNO. The van der Waals surface area contributed by atoms with Crippen molar-refractivity contribution in [3.8, 4) is 0 Å². The van der Waals surface area contributed by atoms with Crippen LogP contribution in [0.15, 0.2) is 18.2 Å². The van der Waals surface area contributed by atoms with E-state index in [1.54, 1.807) is 19.1 Å². The molecule has 1 aromatic rings. The van der Waals surface area contributed by atoms with Crippen molar-refractivity contribution in [3.05, 3.63) is 35.1 Å². The van der Waals surface area contributed by atoms with Gasteiger partial charge in [0.2, 0.25) is 0 Å². The number of aryl methyl sites for hydroxylation is 1. The first kappa shape index (κ1) is 14.2. The Morgan fingerprint density at radius 3 is 2.68 bits per heavy atom. The van der Waals surface area contributed by atoms with Gasteiger partial charge in [0.1, 0.15) is 5.82 Å². The molecule has 2 nitrogen and oxygen atoms in total. The minimum Gasteiger partial charge on any atom is -0.303 e. The molecule has 0 N–H and O–H groups in total. The molecular weight excluding hydrogens is 241 g/mol. The monoisotopic (exact) mass is 263 g/mol. The second-order valence-electron chi connectivity index (χ2n) is 5.66. The maximum absolute atomic E-state index is 13.2. The zero-order valence-electron chi connectivity index (χ0n) is 11.8. The van der Waals surface area contributed by atoms with E-state index in [9.17, 15) is 9.18 Å². The number of likely N-dealkylation sites (tertiary alicyclic amines) is 1. The van der Waals surface area contributed by atoms with Gasteiger partial charge in [-0.3, -0.25) is 4.79 Å². The van der Waals surface area contributed by atoms with Gasteiger partial charge < -0.3 is 4.90 Å². The Morgan fingerprint density at radius 1 is 1.37 bits per heavy atom. The number of halogens is 1. The number of rotatable bonds is 4. The van der Waals surface area contributed by atoms with Gasteiger partial charge >= 0.3 is 0 Å². The molecule has 104 valence electrons. The smallest absolute Gasteiger partial charge is 0.164 e. The number of carbonyl (C=O) groups is 1. The van der Waals surface area contributed by atoms with E-state index in [-0.39, 0.29) is 11.6 Å². The van der Waals surface area contributed by atoms with Crippen LogP contribution < -0.4 is 0 Å². The molecule has 0 atom stereocenters. The van der Waals surface area contributed by atoms with Crippen LogP contribution in [0, 0.1) is 18.7 Å². The number of ketones is 1. The van der Waals surface area contributed by atoms with Crippen molar-refractivity contribution in [3.63, 3.8) is 0 Å². The first-order valence-corrected chi connectivity index (χ1v) is 7.08. The van der Waals surface area contributed by atoms with Gasteiger partial charge in [0.15, 0.2) is 5.78 Å². The third-order valence-corrected chi connectivity index (χ3v) is 4.01. The van der Waals surface area contributed by atoms with E-state index in [0.717, 1.165) is 25.6 Å². The molecule has 0 unspecified atom stereocenters. The van der Waals surface area contributed by atoms with Gasteiger partial charge in [0.05, 0.1) is 0 Å². The first-order chi connectivity index (χ1) is 9.06. The summed E-state index contributed by atoms with van der Waals surface area (Å²) in [5.41, 5.74) is 1.17. The molecule has 1 heterocycles. The summed E-state index contributed by atoms with van der Waals surface area (Å²) in [5, 5.41) is 0. The van der Waals surface area contributed by atoms with Crippen LogP contribution in [0.1, 0.15) is 42.1 Å². The van der Waals surface area contributed by atoms with Crippen LogP contribution in [0.3, 0.4) is 0 Å². The molecule has 0 radical (unpaired) electrons. The number of nitrogens with zero attached hydrogens (tertiary/aromatic N) is 1. The standard InChI is InChI=1S/C16H22FNO/c1-12-5-8-18(9-6-12)10-7-16(19)14-3-4-15(17)13(2)11-14/h3-4,11-12H,5-10H2,1-2H3. The Labute approximate surface area is 114 Å². The molecule has 0 spiro atoms. The third kappa shape index (κ3) is 3.87. The fourth-order valence-electron chi connectivity index (χ4n) is 2.51. The van der Waals surface area contributed by atoms with Crippen LogP contribution in [0.4, 0.5) is 4.39 Å². The van der Waals surface area contributed by atoms with Gasteiger partial charge in [-0.05, 0) is 62.5 Å². The van der Waals surface area contributed by atoms with Crippen LogP contribution >= 0.6 is 0 Å². The van der Waals surface area contributed by atoms with Crippen LogP contribution in [-0.4, -0.2) is 30.3 Å². The second kappa shape index (κ2) is 6.29. The molecule has 2 rings (SSSR count). The van der Waals surface area contributed by atoms with E-state index in [4.69, 9.17) is 0 Å². The van der Waals surface area contributed by atoms with Gasteiger partial charge in [-0.1, -0.05) is 6.92 Å². The van der Waals surface area contributed by atoms with E-state index < -0.39 is 0 Å². The lowest BCUT2D eigenvalue weighted by Crippen LogP contribution is -2.34. The summed E-state index contributed by atoms with van der Waals surface area (Å²) in [7, 11) is 0. The fourth-order valence-corrected chi connectivity index (χ4v) is 2.51. The molecule has 0 aliphatic carbocycles. The van der Waals surface area contributed by atoms with Gasteiger partial charge in [0.25, 0.3) is 0 Å². The number of carbonyl (C=O) groups excluding carboxylic acids is 1. The third-order valence-electron chi connectivity index (χ3n) is 4.01. The predicted octanol–water partition coefficient (Wildman–Crippen LogP) is 3.44. The van der Waals surface area contributed by atoms with Crippen molar-refractivity contribution in [1.29, 1.82) is 0 Å². The van der Waals surface area contributed by atoms with Gasteiger partial charge in [-0.25, -0.2) is 4.39 Å². The molecule has 1 aliphatic heterocycles. The Kier molecular flexibility index (Phi) is 4.70. The van der Waals surface area contributed by atoms with Crippen molar-refractivity contribution >= 4 is 5.78 Å². The SMILES string of the molecule is Cc1cc(C(=O)CCN2CCC(C)CC2)ccc1F. The highest BCUT2D eigenvalue weighted by Crippen LogP contribution is 2.17. The average molecular weight is 263 g/mol. The normalized spacial score (nSPS) is 17.6. The zero-order chi connectivity index (χ0) is 13.8. The minimum atomic E-state index is -0.249. The van der Waals surface area contributed by atoms with E-state index in [1.165, 1.54) is 18.9 Å². The highest BCUT2D eigenvalue weighted by atomic mass is 19.1. The molecule has 1 fully saturated rings. The summed E-state index contributed by atoms with van der Waals surface area (Å²) in [6, 6.07) is 4.62. The summed E-state index contributed by atoms with van der Waals surface area (Å²) < 4.78 is 13.2. The average Bonchev–Trinajstić information content (AvgIpc) is 2.41. The number of benzene rings is 1. The van der Waals surface area contributed by atoms with Crippen LogP contribution in [0.5, 0.6) is 0 Å². The topological polar surface area (TPSA) is 20.3 Å². The lowest BCUT2D eigenvalue weighted by atomic mass is 9.98. The predicted molar refractivity (Wildman–Crippen MR) is 74.9 cm³/mol. The molecule has 0 saturated carbocycles. The minimum absolute atomic E-state index is 0.113. The fraction of sp³-hybridized carbons (Fsp3) is 0.562. The summed E-state index contributed by atoms with van der Waals surface area (Å²) in [6.07, 6.45) is 2.98. The van der Waals surface area contributed by atoms with Crippen molar-refractivity contribution < 1.29 is 9.18 Å². The van der Waals surface area contributed by atoms with E-state index in [0.29, 0.717) is 17.5 Å². The zero-order valence-corrected chi connectivity index (χ0v) is 11.8.